The maximum atomic E-state index is 5.39. The quantitative estimate of drug-likeness (QED) is 0.661. The molecule has 3 aromatic rings. The number of rotatable bonds is 6. The summed E-state index contributed by atoms with van der Waals surface area (Å²) in [6.45, 7) is 1.25. The molecule has 120 valence electrons. The monoisotopic (exact) mass is 376 g/mol. The third-order valence-electron chi connectivity index (χ3n) is 3.69. The topological polar surface area (TPSA) is 62.1 Å². The smallest absolute Gasteiger partial charge is 0.243 e. The first kappa shape index (κ1) is 15.9. The Labute approximate surface area is 142 Å². The van der Waals surface area contributed by atoms with Gasteiger partial charge in [0, 0.05) is 17.5 Å². The highest BCUT2D eigenvalue weighted by Gasteiger charge is 2.17. The molecule has 0 radical (unpaired) electrons. The Morgan fingerprint density at radius 1 is 1.17 bits per heavy atom. The van der Waals surface area contributed by atoms with Crippen molar-refractivity contribution in [3.8, 4) is 5.88 Å². The van der Waals surface area contributed by atoms with Gasteiger partial charge in [0.25, 0.3) is 0 Å². The second kappa shape index (κ2) is 7.06. The molecule has 2 heterocycles. The van der Waals surface area contributed by atoms with Crippen molar-refractivity contribution in [3.05, 3.63) is 46.8 Å². The molecule has 23 heavy (non-hydrogen) atoms. The third kappa shape index (κ3) is 3.35. The molecule has 0 bridgehead atoms. The molecule has 7 heteroatoms. The van der Waals surface area contributed by atoms with Gasteiger partial charge in [0.15, 0.2) is 0 Å². The fourth-order valence-corrected chi connectivity index (χ4v) is 2.85. The van der Waals surface area contributed by atoms with Gasteiger partial charge in [0.05, 0.1) is 26.5 Å². The Balaban J connectivity index is 1.96. The van der Waals surface area contributed by atoms with Gasteiger partial charge in [-0.2, -0.15) is 10.1 Å². The summed E-state index contributed by atoms with van der Waals surface area (Å²) in [4.78, 5) is 8.40. The predicted octanol–water partition coefficient (Wildman–Crippen LogP) is 3.03. The normalized spacial score (nSPS) is 12.5. The van der Waals surface area contributed by atoms with E-state index in [0.29, 0.717) is 19.0 Å². The van der Waals surface area contributed by atoms with Crippen LogP contribution in [0.25, 0.3) is 11.0 Å². The van der Waals surface area contributed by atoms with Crippen molar-refractivity contribution in [3.63, 3.8) is 0 Å². The first-order valence-corrected chi connectivity index (χ1v) is 7.97. The van der Waals surface area contributed by atoms with Gasteiger partial charge in [-0.25, -0.2) is 4.98 Å². The van der Waals surface area contributed by atoms with Crippen LogP contribution >= 0.6 is 15.9 Å². The van der Waals surface area contributed by atoms with Crippen LogP contribution in [0.2, 0.25) is 0 Å². The van der Waals surface area contributed by atoms with Crippen LogP contribution in [0.5, 0.6) is 5.88 Å². The van der Waals surface area contributed by atoms with Crippen molar-refractivity contribution in [2.45, 2.75) is 12.5 Å². The van der Waals surface area contributed by atoms with Crippen molar-refractivity contribution in [1.82, 2.24) is 19.7 Å². The molecule has 0 aliphatic rings. The van der Waals surface area contributed by atoms with E-state index in [9.17, 15) is 0 Å². The van der Waals surface area contributed by atoms with Crippen LogP contribution in [0.15, 0.2) is 41.3 Å². The molecule has 2 aromatic heterocycles. The number of fused-ring (bicyclic) bond motifs is 1. The lowest BCUT2D eigenvalue weighted by molar-refractivity contribution is 0.171. The summed E-state index contributed by atoms with van der Waals surface area (Å²) in [5.74, 6) is 0.695. The van der Waals surface area contributed by atoms with E-state index in [1.54, 1.807) is 20.4 Å². The van der Waals surface area contributed by atoms with Gasteiger partial charge in [0.1, 0.15) is 17.4 Å². The van der Waals surface area contributed by atoms with Gasteiger partial charge in [-0.3, -0.25) is 4.68 Å². The zero-order valence-corrected chi connectivity index (χ0v) is 14.5. The first-order valence-electron chi connectivity index (χ1n) is 7.18. The van der Waals surface area contributed by atoms with E-state index in [1.807, 2.05) is 16.8 Å². The van der Waals surface area contributed by atoms with Crippen LogP contribution < -0.4 is 4.74 Å². The molecule has 0 spiro atoms. The molecule has 1 unspecified atom stereocenters. The van der Waals surface area contributed by atoms with Crippen LogP contribution in [0.1, 0.15) is 11.5 Å². The molecule has 3 rings (SSSR count). The summed E-state index contributed by atoms with van der Waals surface area (Å²) in [5.41, 5.74) is 2.76. The molecule has 0 saturated carbocycles. The number of hydrogen-bond donors (Lipinski definition) is 0. The minimum absolute atomic E-state index is 0.168. The molecule has 0 saturated heterocycles. The van der Waals surface area contributed by atoms with Gasteiger partial charge in [-0.05, 0) is 17.7 Å². The van der Waals surface area contributed by atoms with Crippen molar-refractivity contribution in [1.29, 1.82) is 0 Å². The maximum Gasteiger partial charge on any atom is 0.243 e. The van der Waals surface area contributed by atoms with Crippen molar-refractivity contribution in [2.75, 3.05) is 20.8 Å². The second-order valence-electron chi connectivity index (χ2n) is 5.15. The molecule has 1 aromatic carbocycles. The van der Waals surface area contributed by atoms with Crippen molar-refractivity contribution in [2.24, 2.45) is 0 Å². The number of benzene rings is 1. The lowest BCUT2D eigenvalue weighted by Gasteiger charge is -2.17. The zero-order valence-electron chi connectivity index (χ0n) is 12.9. The van der Waals surface area contributed by atoms with Gasteiger partial charge >= 0.3 is 0 Å². The highest BCUT2D eigenvalue weighted by Crippen LogP contribution is 2.25. The van der Waals surface area contributed by atoms with Crippen LogP contribution in [0.4, 0.5) is 0 Å². The number of methoxy groups -OCH3 is 2. The van der Waals surface area contributed by atoms with Crippen molar-refractivity contribution >= 4 is 27.0 Å². The maximum absolute atomic E-state index is 5.39. The minimum atomic E-state index is 0.168. The van der Waals surface area contributed by atoms with E-state index >= 15 is 0 Å². The van der Waals surface area contributed by atoms with Crippen molar-refractivity contribution < 1.29 is 9.47 Å². The number of hydrogen-bond acceptors (Lipinski definition) is 5. The Bertz CT molecular complexity index is 788. The minimum Gasteiger partial charge on any atom is -0.479 e. The molecule has 1 atom stereocenters. The van der Waals surface area contributed by atoms with Crippen LogP contribution in [-0.2, 0) is 11.3 Å². The van der Waals surface area contributed by atoms with Gasteiger partial charge in [0.2, 0.25) is 5.88 Å². The first-order chi connectivity index (χ1) is 11.2. The van der Waals surface area contributed by atoms with Crippen LogP contribution in [0, 0.1) is 0 Å². The van der Waals surface area contributed by atoms with E-state index < -0.39 is 0 Å². The molecular weight excluding hydrogens is 360 g/mol. The van der Waals surface area contributed by atoms with Crippen LogP contribution in [-0.4, -0.2) is 40.6 Å². The largest absolute Gasteiger partial charge is 0.479 e. The highest BCUT2D eigenvalue weighted by molar-refractivity contribution is 9.10. The summed E-state index contributed by atoms with van der Waals surface area (Å²) in [7, 11) is 3.30. The molecule has 0 N–H and O–H groups in total. The summed E-state index contributed by atoms with van der Waals surface area (Å²) in [5, 5.41) is 4.44. The molecule has 6 nitrogen and oxygen atoms in total. The number of nitrogens with zero attached hydrogens (tertiary/aromatic N) is 4. The zero-order chi connectivity index (χ0) is 16.2. The summed E-state index contributed by atoms with van der Waals surface area (Å²) in [6, 6.07) is 8.24. The van der Waals surface area contributed by atoms with E-state index in [4.69, 9.17) is 9.47 Å². The standard InChI is InChI=1S/C16H17BrN4O2/c1-22-9-12(11-3-5-13(17)6-4-11)8-21-15-14(7-20-21)18-10-19-16(15)23-2/h3-7,10,12H,8-9H2,1-2H3. The Kier molecular flexibility index (Phi) is 4.88. The number of aromatic nitrogens is 4. The fraction of sp³-hybridized carbons (Fsp3) is 0.312. The van der Waals surface area contributed by atoms with E-state index in [2.05, 4.69) is 43.1 Å². The summed E-state index contributed by atoms with van der Waals surface area (Å²) in [6.07, 6.45) is 3.21. The van der Waals surface area contributed by atoms with Gasteiger partial charge < -0.3 is 9.47 Å². The average Bonchev–Trinajstić information content (AvgIpc) is 2.98. The third-order valence-corrected chi connectivity index (χ3v) is 4.22. The van der Waals surface area contributed by atoms with Crippen LogP contribution in [0.3, 0.4) is 0 Å². The lowest BCUT2D eigenvalue weighted by atomic mass is 10.00. The SMILES string of the molecule is COCC(Cn1ncc2ncnc(OC)c21)c1ccc(Br)cc1. The Hall–Kier alpha value is -1.99. The molecular formula is C16H17BrN4O2. The van der Waals surface area contributed by atoms with E-state index in [1.165, 1.54) is 11.9 Å². The van der Waals surface area contributed by atoms with Gasteiger partial charge in [-0.1, -0.05) is 28.1 Å². The second-order valence-corrected chi connectivity index (χ2v) is 6.06. The Morgan fingerprint density at radius 3 is 2.65 bits per heavy atom. The van der Waals surface area contributed by atoms with Gasteiger partial charge in [-0.15, -0.1) is 0 Å². The number of ether oxygens (including phenoxy) is 2. The molecule has 0 amide bonds. The fourth-order valence-electron chi connectivity index (χ4n) is 2.58. The Morgan fingerprint density at radius 2 is 1.96 bits per heavy atom. The highest BCUT2D eigenvalue weighted by atomic mass is 79.9. The summed E-state index contributed by atoms with van der Waals surface area (Å²) < 4.78 is 13.7. The molecule has 0 fully saturated rings. The lowest BCUT2D eigenvalue weighted by Crippen LogP contribution is -2.15. The van der Waals surface area contributed by atoms with E-state index in [-0.39, 0.29) is 5.92 Å². The molecule has 0 aliphatic carbocycles. The average molecular weight is 377 g/mol. The summed E-state index contributed by atoms with van der Waals surface area (Å²) >= 11 is 3.46. The number of halogens is 1. The molecule has 0 aliphatic heterocycles. The predicted molar refractivity (Wildman–Crippen MR) is 90.6 cm³/mol. The van der Waals surface area contributed by atoms with E-state index in [0.717, 1.165) is 15.5 Å².